The van der Waals surface area contributed by atoms with Gasteiger partial charge in [0, 0.05) is 13.1 Å². The molecule has 0 aliphatic carbocycles. The van der Waals surface area contributed by atoms with E-state index in [1.807, 2.05) is 6.07 Å². The van der Waals surface area contributed by atoms with Gasteiger partial charge in [-0.1, -0.05) is 6.07 Å². The number of rotatable bonds is 4. The number of nitrogens with zero attached hydrogens (tertiary/aromatic N) is 2. The zero-order chi connectivity index (χ0) is 17.2. The monoisotopic (exact) mass is 381 g/mol. The molecule has 2 aromatic heterocycles. The number of nitriles is 1. The maximum atomic E-state index is 12.6. The van der Waals surface area contributed by atoms with Crippen LogP contribution in [0.25, 0.3) is 0 Å². The molecule has 1 amide bonds. The predicted molar refractivity (Wildman–Crippen MR) is 93.5 cm³/mol. The zero-order valence-electron chi connectivity index (χ0n) is 12.6. The van der Waals surface area contributed by atoms with E-state index in [1.54, 1.807) is 29.0 Å². The maximum Gasteiger partial charge on any atom is 0.252 e. The summed E-state index contributed by atoms with van der Waals surface area (Å²) in [4.78, 5) is 12.5. The van der Waals surface area contributed by atoms with E-state index >= 15 is 0 Å². The van der Waals surface area contributed by atoms with Crippen molar-refractivity contribution in [2.75, 3.05) is 18.4 Å². The molecule has 1 atom stereocenters. The first-order valence-electron chi connectivity index (χ1n) is 7.34. The standard InChI is InChI=1S/C15H15N3O3S3/c16-9-11-5-8-23-15(11)17-14(19)12-3-1-6-18(10-12)24(20,21)13-4-2-7-22-13/h2,4-5,7-8,12H,1,3,6,10H2,(H,17,19)/t12-/m0/s1. The Kier molecular flexibility index (Phi) is 5.01. The molecule has 1 aliphatic heterocycles. The summed E-state index contributed by atoms with van der Waals surface area (Å²) in [6, 6.07) is 6.95. The number of amides is 1. The number of hydrogen-bond acceptors (Lipinski definition) is 6. The first-order chi connectivity index (χ1) is 11.5. The molecule has 0 bridgehead atoms. The van der Waals surface area contributed by atoms with Gasteiger partial charge in [0.25, 0.3) is 10.0 Å². The van der Waals surface area contributed by atoms with Crippen LogP contribution < -0.4 is 5.32 Å². The minimum absolute atomic E-state index is 0.166. The van der Waals surface area contributed by atoms with Gasteiger partial charge in [0.05, 0.1) is 11.5 Å². The SMILES string of the molecule is N#Cc1ccsc1NC(=O)[C@H]1CCCN(S(=O)(=O)c2cccs2)C1. The lowest BCUT2D eigenvalue weighted by Crippen LogP contribution is -2.43. The van der Waals surface area contributed by atoms with Crippen LogP contribution in [0.5, 0.6) is 0 Å². The molecule has 0 unspecified atom stereocenters. The molecule has 6 nitrogen and oxygen atoms in total. The number of carbonyl (C=O) groups is 1. The van der Waals surface area contributed by atoms with E-state index < -0.39 is 15.9 Å². The summed E-state index contributed by atoms with van der Waals surface area (Å²) in [5, 5.41) is 15.7. The Morgan fingerprint density at radius 2 is 2.17 bits per heavy atom. The van der Waals surface area contributed by atoms with E-state index in [0.29, 0.717) is 34.2 Å². The number of carbonyl (C=O) groups excluding carboxylic acids is 1. The van der Waals surface area contributed by atoms with Crippen molar-refractivity contribution >= 4 is 43.6 Å². The molecule has 2 aromatic rings. The molecule has 0 spiro atoms. The fourth-order valence-electron chi connectivity index (χ4n) is 2.62. The summed E-state index contributed by atoms with van der Waals surface area (Å²) in [6.45, 7) is 0.589. The van der Waals surface area contributed by atoms with Crippen LogP contribution in [0.1, 0.15) is 18.4 Å². The van der Waals surface area contributed by atoms with Crippen LogP contribution in [-0.2, 0) is 14.8 Å². The highest BCUT2D eigenvalue weighted by Crippen LogP contribution is 2.28. The summed E-state index contributed by atoms with van der Waals surface area (Å²) < 4.78 is 26.9. The lowest BCUT2D eigenvalue weighted by molar-refractivity contribution is -0.120. The summed E-state index contributed by atoms with van der Waals surface area (Å²) in [5.41, 5.74) is 0.423. The van der Waals surface area contributed by atoms with E-state index in [4.69, 9.17) is 5.26 Å². The van der Waals surface area contributed by atoms with Crippen LogP contribution in [0.4, 0.5) is 5.00 Å². The van der Waals surface area contributed by atoms with Gasteiger partial charge in [-0.3, -0.25) is 4.79 Å². The van der Waals surface area contributed by atoms with Crippen LogP contribution in [0.15, 0.2) is 33.2 Å². The summed E-state index contributed by atoms with van der Waals surface area (Å²) in [6.07, 6.45) is 1.27. The van der Waals surface area contributed by atoms with Gasteiger partial charge in [0.2, 0.25) is 5.91 Å². The fourth-order valence-corrected chi connectivity index (χ4v) is 6.03. The van der Waals surface area contributed by atoms with E-state index in [0.717, 1.165) is 0 Å². The molecule has 3 rings (SSSR count). The Morgan fingerprint density at radius 3 is 2.88 bits per heavy atom. The highest BCUT2D eigenvalue weighted by Gasteiger charge is 2.34. The highest BCUT2D eigenvalue weighted by molar-refractivity contribution is 7.91. The third-order valence-electron chi connectivity index (χ3n) is 3.87. The molecule has 0 saturated carbocycles. The minimum Gasteiger partial charge on any atom is -0.316 e. The average Bonchev–Trinajstić information content (AvgIpc) is 3.26. The third-order valence-corrected chi connectivity index (χ3v) is 7.93. The molecule has 9 heteroatoms. The van der Waals surface area contributed by atoms with Crippen LogP contribution in [0.2, 0.25) is 0 Å². The number of thiophene rings is 2. The molecular formula is C15H15N3O3S3. The van der Waals surface area contributed by atoms with Crippen LogP contribution >= 0.6 is 22.7 Å². The number of piperidine rings is 1. The first kappa shape index (κ1) is 17.1. The summed E-state index contributed by atoms with van der Waals surface area (Å²) >= 11 is 2.46. The lowest BCUT2D eigenvalue weighted by atomic mass is 9.99. The molecule has 1 N–H and O–H groups in total. The van der Waals surface area contributed by atoms with Crippen molar-refractivity contribution in [3.63, 3.8) is 0 Å². The van der Waals surface area contributed by atoms with Gasteiger partial charge in [-0.2, -0.15) is 9.57 Å². The molecule has 1 saturated heterocycles. The number of anilines is 1. The van der Waals surface area contributed by atoms with Crippen LogP contribution in [0, 0.1) is 17.2 Å². The van der Waals surface area contributed by atoms with Crippen molar-refractivity contribution in [3.05, 3.63) is 34.5 Å². The largest absolute Gasteiger partial charge is 0.316 e. The topological polar surface area (TPSA) is 90.3 Å². The molecule has 0 aromatic carbocycles. The average molecular weight is 382 g/mol. The predicted octanol–water partition coefficient (Wildman–Crippen LogP) is 2.72. The Balaban J connectivity index is 1.72. The van der Waals surface area contributed by atoms with Gasteiger partial charge in [0.1, 0.15) is 15.3 Å². The summed E-state index contributed by atoms with van der Waals surface area (Å²) in [5.74, 6) is -0.651. The Labute approximate surface area is 148 Å². The lowest BCUT2D eigenvalue weighted by Gasteiger charge is -2.30. The zero-order valence-corrected chi connectivity index (χ0v) is 15.1. The second-order valence-electron chi connectivity index (χ2n) is 5.40. The molecule has 24 heavy (non-hydrogen) atoms. The number of sulfonamides is 1. The maximum absolute atomic E-state index is 12.6. The second-order valence-corrected chi connectivity index (χ2v) is 9.43. The molecule has 1 fully saturated rings. The van der Waals surface area contributed by atoms with Gasteiger partial charge in [-0.05, 0) is 35.7 Å². The first-order valence-corrected chi connectivity index (χ1v) is 10.5. The highest BCUT2D eigenvalue weighted by atomic mass is 32.2. The molecule has 0 radical (unpaired) electrons. The number of nitrogens with one attached hydrogen (secondary N) is 1. The normalized spacial score (nSPS) is 18.9. The van der Waals surface area contributed by atoms with Gasteiger partial charge in [-0.25, -0.2) is 8.42 Å². The van der Waals surface area contributed by atoms with Crippen molar-refractivity contribution in [2.45, 2.75) is 17.1 Å². The van der Waals surface area contributed by atoms with E-state index in [2.05, 4.69) is 5.32 Å². The smallest absolute Gasteiger partial charge is 0.252 e. The quantitative estimate of drug-likeness (QED) is 0.882. The van der Waals surface area contributed by atoms with Gasteiger partial charge in [-0.15, -0.1) is 22.7 Å². The van der Waals surface area contributed by atoms with Crippen LogP contribution in [-0.4, -0.2) is 31.7 Å². The van der Waals surface area contributed by atoms with Crippen molar-refractivity contribution in [1.82, 2.24) is 4.31 Å². The molecule has 126 valence electrons. The minimum atomic E-state index is -3.54. The third kappa shape index (κ3) is 3.37. The summed E-state index contributed by atoms with van der Waals surface area (Å²) in [7, 11) is -3.54. The fraction of sp³-hybridized carbons (Fsp3) is 0.333. The molecule has 3 heterocycles. The number of hydrogen-bond donors (Lipinski definition) is 1. The van der Waals surface area contributed by atoms with E-state index in [-0.39, 0.29) is 12.5 Å². The van der Waals surface area contributed by atoms with E-state index in [1.165, 1.54) is 27.0 Å². The Bertz CT molecular complexity index is 865. The molecular weight excluding hydrogens is 366 g/mol. The van der Waals surface area contributed by atoms with Gasteiger partial charge >= 0.3 is 0 Å². The Hall–Kier alpha value is -1.73. The Morgan fingerprint density at radius 1 is 1.33 bits per heavy atom. The molecule has 1 aliphatic rings. The van der Waals surface area contributed by atoms with Crippen LogP contribution in [0.3, 0.4) is 0 Å². The van der Waals surface area contributed by atoms with Crippen molar-refractivity contribution < 1.29 is 13.2 Å². The van der Waals surface area contributed by atoms with Gasteiger partial charge < -0.3 is 5.32 Å². The van der Waals surface area contributed by atoms with E-state index in [9.17, 15) is 13.2 Å². The van der Waals surface area contributed by atoms with Crippen molar-refractivity contribution in [2.24, 2.45) is 5.92 Å². The van der Waals surface area contributed by atoms with Gasteiger partial charge in [0.15, 0.2) is 0 Å². The van der Waals surface area contributed by atoms with Crippen molar-refractivity contribution in [1.29, 1.82) is 5.26 Å². The van der Waals surface area contributed by atoms with Crippen molar-refractivity contribution in [3.8, 4) is 6.07 Å². The second kappa shape index (κ2) is 7.03.